The van der Waals surface area contributed by atoms with Crippen molar-refractivity contribution in [2.24, 2.45) is 0 Å². The summed E-state index contributed by atoms with van der Waals surface area (Å²) in [5, 5.41) is 4.79. The molecule has 0 aliphatic carbocycles. The molecule has 0 saturated heterocycles. The van der Waals surface area contributed by atoms with Crippen molar-refractivity contribution in [3.8, 4) is 5.75 Å². The van der Waals surface area contributed by atoms with E-state index in [0.29, 0.717) is 12.3 Å². The summed E-state index contributed by atoms with van der Waals surface area (Å²) in [7, 11) is 1.83. The van der Waals surface area contributed by atoms with Gasteiger partial charge in [0.1, 0.15) is 12.3 Å². The fourth-order valence-corrected chi connectivity index (χ4v) is 1.96. The molecule has 2 N–H and O–H groups in total. The predicted octanol–water partition coefficient (Wildman–Crippen LogP) is 2.08. The highest BCUT2D eigenvalue weighted by Crippen LogP contribution is 2.24. The topological polar surface area (TPSA) is 50.4 Å². The van der Waals surface area contributed by atoms with Crippen LogP contribution >= 0.6 is 0 Å². The highest BCUT2D eigenvalue weighted by atomic mass is 19.4. The lowest BCUT2D eigenvalue weighted by atomic mass is 10.1. The van der Waals surface area contributed by atoms with Crippen LogP contribution in [-0.4, -0.2) is 32.3 Å². The molecule has 7 heteroatoms. The van der Waals surface area contributed by atoms with Crippen molar-refractivity contribution < 1.29 is 22.7 Å². The zero-order valence-corrected chi connectivity index (χ0v) is 12.2. The summed E-state index contributed by atoms with van der Waals surface area (Å²) in [6, 6.07) is 3.82. The van der Waals surface area contributed by atoms with Gasteiger partial charge in [-0.2, -0.15) is 13.2 Å². The van der Waals surface area contributed by atoms with Crippen LogP contribution in [0.3, 0.4) is 0 Å². The lowest BCUT2D eigenvalue weighted by Crippen LogP contribution is -2.36. The van der Waals surface area contributed by atoms with Crippen LogP contribution < -0.4 is 15.4 Å². The number of halogens is 3. The first-order valence-corrected chi connectivity index (χ1v) is 6.44. The Morgan fingerprint density at radius 3 is 2.29 bits per heavy atom. The summed E-state index contributed by atoms with van der Waals surface area (Å²) in [6.07, 6.45) is -4.42. The van der Waals surface area contributed by atoms with Crippen LogP contribution in [-0.2, 0) is 11.3 Å². The molecule has 0 atom stereocenters. The summed E-state index contributed by atoms with van der Waals surface area (Å²) in [5.74, 6) is -0.276. The molecule has 0 fully saturated rings. The third kappa shape index (κ3) is 6.03. The first-order chi connectivity index (χ1) is 9.73. The standard InChI is InChI=1S/C14H19F3N2O2/c1-9-4-11(6-18-3)5-10(2)13(9)21-7-12(20)19-8-14(15,16)17/h4-5,18H,6-8H2,1-3H3,(H,19,20). The van der Waals surface area contributed by atoms with E-state index < -0.39 is 25.2 Å². The summed E-state index contributed by atoms with van der Waals surface area (Å²) < 4.78 is 41.2. The van der Waals surface area contributed by atoms with Gasteiger partial charge in [0.05, 0.1) is 0 Å². The van der Waals surface area contributed by atoms with E-state index in [2.05, 4.69) is 5.32 Å². The molecule has 0 aromatic heterocycles. The van der Waals surface area contributed by atoms with Crippen LogP contribution in [0.4, 0.5) is 13.2 Å². The summed E-state index contributed by atoms with van der Waals surface area (Å²) in [5.41, 5.74) is 2.74. The molecule has 1 amide bonds. The first kappa shape index (κ1) is 17.3. The van der Waals surface area contributed by atoms with Gasteiger partial charge in [-0.1, -0.05) is 12.1 Å². The number of hydrogen-bond acceptors (Lipinski definition) is 3. The van der Waals surface area contributed by atoms with Gasteiger partial charge in [-0.25, -0.2) is 0 Å². The van der Waals surface area contributed by atoms with Gasteiger partial charge in [0.2, 0.25) is 0 Å². The van der Waals surface area contributed by atoms with Gasteiger partial charge in [-0.15, -0.1) is 0 Å². The summed E-state index contributed by atoms with van der Waals surface area (Å²) in [6.45, 7) is 2.57. The second kappa shape index (κ2) is 7.31. The average Bonchev–Trinajstić information content (AvgIpc) is 2.35. The van der Waals surface area contributed by atoms with Gasteiger partial charge < -0.3 is 15.4 Å². The number of ether oxygens (including phenoxy) is 1. The maximum Gasteiger partial charge on any atom is 0.405 e. The lowest BCUT2D eigenvalue weighted by Gasteiger charge is -2.14. The maximum absolute atomic E-state index is 12.0. The fraction of sp³-hybridized carbons (Fsp3) is 0.500. The van der Waals surface area contributed by atoms with Gasteiger partial charge in [-0.3, -0.25) is 4.79 Å². The Morgan fingerprint density at radius 1 is 1.24 bits per heavy atom. The van der Waals surface area contributed by atoms with Crippen molar-refractivity contribution in [1.29, 1.82) is 0 Å². The number of amides is 1. The van der Waals surface area contributed by atoms with E-state index in [0.717, 1.165) is 16.7 Å². The number of benzene rings is 1. The second-order valence-corrected chi connectivity index (χ2v) is 4.77. The number of nitrogens with one attached hydrogen (secondary N) is 2. The fourth-order valence-electron chi connectivity index (χ4n) is 1.96. The second-order valence-electron chi connectivity index (χ2n) is 4.77. The normalized spacial score (nSPS) is 11.3. The first-order valence-electron chi connectivity index (χ1n) is 6.44. The molecule has 1 rings (SSSR count). The Balaban J connectivity index is 2.61. The van der Waals surface area contributed by atoms with E-state index in [4.69, 9.17) is 4.74 Å². The van der Waals surface area contributed by atoms with E-state index in [1.807, 2.05) is 33.0 Å². The van der Waals surface area contributed by atoms with E-state index in [1.54, 1.807) is 5.32 Å². The molecule has 0 spiro atoms. The minimum absolute atomic E-state index is 0.441. The number of carbonyl (C=O) groups is 1. The summed E-state index contributed by atoms with van der Waals surface area (Å²) in [4.78, 5) is 11.3. The van der Waals surface area contributed by atoms with Crippen molar-refractivity contribution in [3.63, 3.8) is 0 Å². The molecule has 1 aromatic carbocycles. The molecular formula is C14H19F3N2O2. The largest absolute Gasteiger partial charge is 0.483 e. The van der Waals surface area contributed by atoms with E-state index >= 15 is 0 Å². The highest BCUT2D eigenvalue weighted by molar-refractivity contribution is 5.77. The minimum Gasteiger partial charge on any atom is -0.483 e. The van der Waals surface area contributed by atoms with Gasteiger partial charge in [0.25, 0.3) is 5.91 Å². The Kier molecular flexibility index (Phi) is 6.02. The van der Waals surface area contributed by atoms with Crippen molar-refractivity contribution in [3.05, 3.63) is 28.8 Å². The molecule has 0 aliphatic heterocycles. The number of aryl methyl sites for hydroxylation is 2. The number of hydrogen-bond donors (Lipinski definition) is 2. The van der Waals surface area contributed by atoms with Crippen LogP contribution in [0.2, 0.25) is 0 Å². The molecule has 1 aromatic rings. The van der Waals surface area contributed by atoms with Crippen LogP contribution in [0.5, 0.6) is 5.75 Å². The SMILES string of the molecule is CNCc1cc(C)c(OCC(=O)NCC(F)(F)F)c(C)c1. The molecule has 118 valence electrons. The maximum atomic E-state index is 12.0. The molecule has 0 bridgehead atoms. The van der Waals surface area contributed by atoms with E-state index in [-0.39, 0.29) is 0 Å². The van der Waals surface area contributed by atoms with Gasteiger partial charge in [-0.05, 0) is 37.6 Å². The van der Waals surface area contributed by atoms with Crippen molar-refractivity contribution >= 4 is 5.91 Å². The lowest BCUT2D eigenvalue weighted by molar-refractivity contribution is -0.139. The molecule has 4 nitrogen and oxygen atoms in total. The smallest absolute Gasteiger partial charge is 0.405 e. The highest BCUT2D eigenvalue weighted by Gasteiger charge is 2.27. The van der Waals surface area contributed by atoms with Gasteiger partial charge in [0, 0.05) is 6.54 Å². The van der Waals surface area contributed by atoms with E-state index in [9.17, 15) is 18.0 Å². The molecule has 0 saturated carbocycles. The Morgan fingerprint density at radius 2 is 1.81 bits per heavy atom. The average molecular weight is 304 g/mol. The Bertz CT molecular complexity index is 478. The zero-order chi connectivity index (χ0) is 16.0. The molecule has 0 unspecified atom stereocenters. The molecule has 21 heavy (non-hydrogen) atoms. The molecular weight excluding hydrogens is 285 g/mol. The zero-order valence-electron chi connectivity index (χ0n) is 12.2. The van der Waals surface area contributed by atoms with Crippen LogP contribution in [0, 0.1) is 13.8 Å². The molecule has 0 heterocycles. The monoisotopic (exact) mass is 304 g/mol. The van der Waals surface area contributed by atoms with Gasteiger partial charge in [0.15, 0.2) is 6.61 Å². The predicted molar refractivity (Wildman–Crippen MR) is 73.2 cm³/mol. The van der Waals surface area contributed by atoms with E-state index in [1.165, 1.54) is 0 Å². The van der Waals surface area contributed by atoms with Crippen molar-refractivity contribution in [1.82, 2.24) is 10.6 Å². The number of alkyl halides is 3. The Labute approximate surface area is 121 Å². The van der Waals surface area contributed by atoms with Crippen LogP contribution in [0.15, 0.2) is 12.1 Å². The van der Waals surface area contributed by atoms with Crippen molar-refractivity contribution in [2.45, 2.75) is 26.6 Å². The third-order valence-electron chi connectivity index (χ3n) is 2.73. The summed E-state index contributed by atoms with van der Waals surface area (Å²) >= 11 is 0. The van der Waals surface area contributed by atoms with Crippen LogP contribution in [0.1, 0.15) is 16.7 Å². The molecule has 0 aliphatic rings. The van der Waals surface area contributed by atoms with Gasteiger partial charge >= 0.3 is 6.18 Å². The third-order valence-corrected chi connectivity index (χ3v) is 2.73. The number of rotatable bonds is 6. The Hall–Kier alpha value is -1.76. The quantitative estimate of drug-likeness (QED) is 0.846. The minimum atomic E-state index is -4.42. The molecule has 0 radical (unpaired) electrons. The van der Waals surface area contributed by atoms with Crippen molar-refractivity contribution in [2.75, 3.05) is 20.2 Å². The van der Waals surface area contributed by atoms with Crippen LogP contribution in [0.25, 0.3) is 0 Å². The number of carbonyl (C=O) groups excluding carboxylic acids is 1.